The Kier molecular flexibility index (Phi) is 6.67. The Hall–Kier alpha value is -1.26. The lowest BCUT2D eigenvalue weighted by molar-refractivity contribution is 0.273. The molecule has 0 unspecified atom stereocenters. The van der Waals surface area contributed by atoms with Crippen molar-refractivity contribution in [2.45, 2.75) is 26.4 Å². The molecule has 0 atom stereocenters. The zero-order chi connectivity index (χ0) is 14.3. The summed E-state index contributed by atoms with van der Waals surface area (Å²) in [4.78, 5) is 2.32. The minimum atomic E-state index is 0.577. The van der Waals surface area contributed by atoms with Crippen molar-refractivity contribution in [3.8, 4) is 11.5 Å². The van der Waals surface area contributed by atoms with Gasteiger partial charge in [0.1, 0.15) is 11.5 Å². The Labute approximate surface area is 116 Å². The lowest BCUT2D eigenvalue weighted by atomic mass is 10.2. The van der Waals surface area contributed by atoms with Crippen LogP contribution in [0.3, 0.4) is 0 Å². The van der Waals surface area contributed by atoms with Gasteiger partial charge in [-0.3, -0.25) is 0 Å². The van der Waals surface area contributed by atoms with Gasteiger partial charge in [0.25, 0.3) is 0 Å². The quantitative estimate of drug-likeness (QED) is 0.731. The molecule has 0 fully saturated rings. The highest BCUT2D eigenvalue weighted by Crippen LogP contribution is 2.23. The molecule has 0 saturated heterocycles. The molecule has 0 aliphatic carbocycles. The van der Waals surface area contributed by atoms with Gasteiger partial charge in [0, 0.05) is 31.2 Å². The lowest BCUT2D eigenvalue weighted by Gasteiger charge is -2.21. The van der Waals surface area contributed by atoms with E-state index in [-0.39, 0.29) is 0 Å². The second-order valence-electron chi connectivity index (χ2n) is 4.93. The molecule has 108 valence electrons. The van der Waals surface area contributed by atoms with Crippen molar-refractivity contribution in [1.29, 1.82) is 0 Å². The number of likely N-dealkylation sites (N-methyl/N-ethyl adjacent to an activating group) is 1. The fourth-order valence-electron chi connectivity index (χ4n) is 1.76. The molecule has 19 heavy (non-hydrogen) atoms. The van der Waals surface area contributed by atoms with E-state index in [0.29, 0.717) is 6.04 Å². The SMILES string of the molecule is COc1ccc(OC)c(CNCCN(C)C(C)C)c1. The van der Waals surface area contributed by atoms with Crippen LogP contribution in [0.4, 0.5) is 0 Å². The molecule has 0 aliphatic heterocycles. The molecule has 0 amide bonds. The molecule has 4 heteroatoms. The average molecular weight is 266 g/mol. The second-order valence-corrected chi connectivity index (χ2v) is 4.93. The highest BCUT2D eigenvalue weighted by Gasteiger charge is 2.06. The van der Waals surface area contributed by atoms with Crippen molar-refractivity contribution in [2.24, 2.45) is 0 Å². The van der Waals surface area contributed by atoms with Gasteiger partial charge in [-0.25, -0.2) is 0 Å². The molecular formula is C15H26N2O2. The van der Waals surface area contributed by atoms with E-state index in [2.05, 4.69) is 31.1 Å². The predicted octanol–water partition coefficient (Wildman–Crippen LogP) is 2.13. The Morgan fingerprint density at radius 1 is 1.21 bits per heavy atom. The van der Waals surface area contributed by atoms with Crippen LogP contribution in [0.25, 0.3) is 0 Å². The highest BCUT2D eigenvalue weighted by atomic mass is 16.5. The monoisotopic (exact) mass is 266 g/mol. The van der Waals surface area contributed by atoms with Crippen LogP contribution in [0.15, 0.2) is 18.2 Å². The van der Waals surface area contributed by atoms with E-state index in [1.165, 1.54) is 0 Å². The van der Waals surface area contributed by atoms with Gasteiger partial charge in [-0.1, -0.05) is 0 Å². The fourth-order valence-corrected chi connectivity index (χ4v) is 1.76. The molecule has 0 radical (unpaired) electrons. The second kappa shape index (κ2) is 8.02. The van der Waals surface area contributed by atoms with Crippen LogP contribution in [0.2, 0.25) is 0 Å². The summed E-state index contributed by atoms with van der Waals surface area (Å²) in [6.45, 7) is 7.17. The first-order valence-electron chi connectivity index (χ1n) is 6.70. The van der Waals surface area contributed by atoms with E-state index >= 15 is 0 Å². The molecule has 0 spiro atoms. The average Bonchev–Trinajstić information content (AvgIpc) is 2.42. The largest absolute Gasteiger partial charge is 0.497 e. The summed E-state index contributed by atoms with van der Waals surface area (Å²) >= 11 is 0. The van der Waals surface area contributed by atoms with Crippen LogP contribution in [-0.2, 0) is 6.54 Å². The minimum Gasteiger partial charge on any atom is -0.497 e. The van der Waals surface area contributed by atoms with Crippen molar-refractivity contribution in [2.75, 3.05) is 34.4 Å². The number of ether oxygens (including phenoxy) is 2. The summed E-state index contributed by atoms with van der Waals surface area (Å²) in [5.74, 6) is 1.75. The van der Waals surface area contributed by atoms with E-state index in [1.807, 2.05) is 18.2 Å². The van der Waals surface area contributed by atoms with E-state index < -0.39 is 0 Å². The van der Waals surface area contributed by atoms with Crippen molar-refractivity contribution < 1.29 is 9.47 Å². The van der Waals surface area contributed by atoms with Crippen LogP contribution >= 0.6 is 0 Å². The van der Waals surface area contributed by atoms with E-state index in [0.717, 1.165) is 36.7 Å². The van der Waals surface area contributed by atoms with Crippen LogP contribution in [0.5, 0.6) is 11.5 Å². The minimum absolute atomic E-state index is 0.577. The molecule has 1 aromatic carbocycles. The van der Waals surface area contributed by atoms with Crippen molar-refractivity contribution in [1.82, 2.24) is 10.2 Å². The third-order valence-electron chi connectivity index (χ3n) is 3.33. The normalized spacial score (nSPS) is 11.1. The fraction of sp³-hybridized carbons (Fsp3) is 0.600. The topological polar surface area (TPSA) is 33.7 Å². The number of hydrogen-bond acceptors (Lipinski definition) is 4. The molecule has 0 bridgehead atoms. The standard InChI is InChI=1S/C15H26N2O2/c1-12(2)17(3)9-8-16-11-13-10-14(18-4)6-7-15(13)19-5/h6-7,10,12,16H,8-9,11H2,1-5H3. The van der Waals surface area contributed by atoms with Crippen LogP contribution in [0, 0.1) is 0 Å². The van der Waals surface area contributed by atoms with Gasteiger partial charge in [0.15, 0.2) is 0 Å². The first-order chi connectivity index (χ1) is 9.08. The summed E-state index contributed by atoms with van der Waals surface area (Å²) < 4.78 is 10.6. The number of methoxy groups -OCH3 is 2. The van der Waals surface area contributed by atoms with E-state index in [9.17, 15) is 0 Å². The first kappa shape index (κ1) is 15.8. The Morgan fingerprint density at radius 2 is 1.95 bits per heavy atom. The molecule has 0 saturated carbocycles. The smallest absolute Gasteiger partial charge is 0.123 e. The first-order valence-corrected chi connectivity index (χ1v) is 6.70. The van der Waals surface area contributed by atoms with Gasteiger partial charge >= 0.3 is 0 Å². The predicted molar refractivity (Wildman–Crippen MR) is 79.0 cm³/mol. The van der Waals surface area contributed by atoms with Gasteiger partial charge in [-0.05, 0) is 39.1 Å². The van der Waals surface area contributed by atoms with Gasteiger partial charge < -0.3 is 19.7 Å². The Bertz CT molecular complexity index is 380. The van der Waals surface area contributed by atoms with Gasteiger partial charge in [0.2, 0.25) is 0 Å². The van der Waals surface area contributed by atoms with Gasteiger partial charge in [-0.2, -0.15) is 0 Å². The Morgan fingerprint density at radius 3 is 2.53 bits per heavy atom. The third kappa shape index (κ3) is 5.09. The van der Waals surface area contributed by atoms with Gasteiger partial charge in [0.05, 0.1) is 14.2 Å². The van der Waals surface area contributed by atoms with Crippen molar-refractivity contribution in [3.63, 3.8) is 0 Å². The highest BCUT2D eigenvalue weighted by molar-refractivity contribution is 5.40. The summed E-state index contributed by atoms with van der Waals surface area (Å²) in [7, 11) is 5.51. The molecule has 0 aromatic heterocycles. The number of nitrogens with zero attached hydrogens (tertiary/aromatic N) is 1. The molecule has 1 aromatic rings. The van der Waals surface area contributed by atoms with Gasteiger partial charge in [-0.15, -0.1) is 0 Å². The maximum Gasteiger partial charge on any atom is 0.123 e. The lowest BCUT2D eigenvalue weighted by Crippen LogP contribution is -2.33. The molecule has 1 rings (SSSR count). The maximum absolute atomic E-state index is 5.36. The van der Waals surface area contributed by atoms with Crippen LogP contribution in [-0.4, -0.2) is 45.3 Å². The zero-order valence-corrected chi connectivity index (χ0v) is 12.7. The third-order valence-corrected chi connectivity index (χ3v) is 3.33. The molecule has 0 heterocycles. The molecule has 1 N–H and O–H groups in total. The van der Waals surface area contributed by atoms with E-state index in [1.54, 1.807) is 14.2 Å². The van der Waals surface area contributed by atoms with Crippen LogP contribution in [0.1, 0.15) is 19.4 Å². The number of benzene rings is 1. The molecule has 0 aliphatic rings. The zero-order valence-electron chi connectivity index (χ0n) is 12.7. The summed E-state index contributed by atoms with van der Waals surface area (Å²) in [5, 5.41) is 3.44. The summed E-state index contributed by atoms with van der Waals surface area (Å²) in [5.41, 5.74) is 1.12. The van der Waals surface area contributed by atoms with Crippen LogP contribution < -0.4 is 14.8 Å². The van der Waals surface area contributed by atoms with Crippen molar-refractivity contribution in [3.05, 3.63) is 23.8 Å². The Balaban J connectivity index is 2.47. The maximum atomic E-state index is 5.36. The molecule has 4 nitrogen and oxygen atoms in total. The molecular weight excluding hydrogens is 240 g/mol. The number of rotatable bonds is 8. The van der Waals surface area contributed by atoms with E-state index in [4.69, 9.17) is 9.47 Å². The number of hydrogen-bond donors (Lipinski definition) is 1. The summed E-state index contributed by atoms with van der Waals surface area (Å²) in [6.07, 6.45) is 0. The van der Waals surface area contributed by atoms with Crippen molar-refractivity contribution >= 4 is 0 Å². The summed E-state index contributed by atoms with van der Waals surface area (Å²) in [6, 6.07) is 6.44. The number of nitrogens with one attached hydrogen (secondary N) is 1.